The lowest BCUT2D eigenvalue weighted by molar-refractivity contribution is 0.390. The predicted octanol–water partition coefficient (Wildman–Crippen LogP) is 1.50. The van der Waals surface area contributed by atoms with Crippen LogP contribution in [0.3, 0.4) is 0 Å². The van der Waals surface area contributed by atoms with E-state index in [4.69, 9.17) is 8.92 Å². The molecule has 0 amide bonds. The van der Waals surface area contributed by atoms with E-state index in [0.29, 0.717) is 6.61 Å². The highest BCUT2D eigenvalue weighted by Gasteiger charge is 1.92. The molecule has 0 radical (unpaired) electrons. The second-order valence-corrected chi connectivity index (χ2v) is 3.11. The molecule has 0 fully saturated rings. The first-order chi connectivity index (χ1) is 4.35. The molecule has 0 aliphatic heterocycles. The van der Waals surface area contributed by atoms with Crippen LogP contribution in [0.1, 0.15) is 6.92 Å². The molecule has 0 saturated carbocycles. The smallest absolute Gasteiger partial charge is 0.158 e. The molecule has 0 spiro atoms. The van der Waals surface area contributed by atoms with Crippen LogP contribution in [0.2, 0.25) is 0 Å². The third-order valence-electron chi connectivity index (χ3n) is 0.605. The van der Waals surface area contributed by atoms with Crippen molar-refractivity contribution < 1.29 is 8.92 Å². The highest BCUT2D eigenvalue weighted by Crippen LogP contribution is 2.08. The molecule has 0 heterocycles. The zero-order valence-electron chi connectivity index (χ0n) is 5.88. The van der Waals surface area contributed by atoms with E-state index in [9.17, 15) is 0 Å². The van der Waals surface area contributed by atoms with Crippen molar-refractivity contribution in [3.63, 3.8) is 0 Å². The third kappa shape index (κ3) is 4.96. The number of ether oxygens (including phenoxy) is 1. The van der Waals surface area contributed by atoms with Crippen molar-refractivity contribution in [3.05, 3.63) is 0 Å². The minimum Gasteiger partial charge on any atom is -0.336 e. The maximum absolute atomic E-state index is 5.03. The zero-order valence-corrected chi connectivity index (χ0v) is 7.59. The second-order valence-electron chi connectivity index (χ2n) is 1.18. The minimum atomic E-state index is 0.715. The Bertz CT molecular complexity index is 93.0. The minimum absolute atomic E-state index is 0.715. The van der Waals surface area contributed by atoms with E-state index >= 15 is 0 Å². The zero-order chi connectivity index (χ0) is 7.11. The molecule has 9 heavy (non-hydrogen) atoms. The summed E-state index contributed by atoms with van der Waals surface area (Å²) in [5.74, 6) is 0. The largest absolute Gasteiger partial charge is 0.336 e. The van der Waals surface area contributed by atoms with Crippen LogP contribution in [0.15, 0.2) is 0 Å². The predicted molar refractivity (Wildman–Crippen MR) is 46.1 cm³/mol. The Morgan fingerprint density at radius 2 is 2.33 bits per heavy atom. The van der Waals surface area contributed by atoms with Gasteiger partial charge in [0.25, 0.3) is 0 Å². The average Bonchev–Trinajstić information content (AvgIpc) is 1.91. The fourth-order valence-corrected chi connectivity index (χ4v) is 1.20. The van der Waals surface area contributed by atoms with E-state index in [-0.39, 0.29) is 0 Å². The van der Waals surface area contributed by atoms with Crippen LogP contribution in [0, 0.1) is 0 Å². The van der Waals surface area contributed by atoms with Crippen molar-refractivity contribution in [2.24, 2.45) is 0 Å². The molecule has 0 aliphatic carbocycles. The van der Waals surface area contributed by atoms with Gasteiger partial charge < -0.3 is 8.92 Å². The highest BCUT2D eigenvalue weighted by atomic mass is 32.2. The molecular formula is C5H12O2S2. The first-order valence-electron chi connectivity index (χ1n) is 2.65. The van der Waals surface area contributed by atoms with Gasteiger partial charge in [-0.2, -0.15) is 11.4 Å². The quantitative estimate of drug-likeness (QED) is 0.383. The molecule has 0 aliphatic rings. The summed E-state index contributed by atoms with van der Waals surface area (Å²) in [5, 5.41) is 0. The maximum atomic E-state index is 5.03. The van der Waals surface area contributed by atoms with Crippen LogP contribution in [-0.4, -0.2) is 24.4 Å². The van der Waals surface area contributed by atoms with Crippen molar-refractivity contribution in [3.8, 4) is 0 Å². The molecule has 0 aromatic heterocycles. The molecule has 2 nitrogen and oxygen atoms in total. The standard InChI is InChI=1S/C5H12O2S2/c1-4-7-9-5(6-2)8-3/h8H,4H2,1-3H3. The van der Waals surface area contributed by atoms with Crippen LogP contribution in [0.4, 0.5) is 0 Å². The normalized spacial score (nSPS) is 13.0. The number of rotatable bonds is 2. The monoisotopic (exact) mass is 168 g/mol. The number of thiol groups is 1. The molecule has 0 aromatic rings. The van der Waals surface area contributed by atoms with Gasteiger partial charge in [0, 0.05) is 7.11 Å². The molecule has 0 atom stereocenters. The lowest BCUT2D eigenvalue weighted by Crippen LogP contribution is -1.93. The number of hydrogen-bond donors (Lipinski definition) is 1. The van der Waals surface area contributed by atoms with Gasteiger partial charge in [-0.15, -0.1) is 0 Å². The molecule has 4 heteroatoms. The van der Waals surface area contributed by atoms with Crippen molar-refractivity contribution >= 4 is 27.8 Å². The Kier molecular flexibility index (Phi) is 6.97. The maximum Gasteiger partial charge on any atom is 0.158 e. The van der Waals surface area contributed by atoms with Gasteiger partial charge in [0.2, 0.25) is 0 Å². The fourth-order valence-electron chi connectivity index (χ4n) is 0.272. The Balaban J connectivity index is 3.33. The lowest BCUT2D eigenvalue weighted by Gasteiger charge is -1.99. The van der Waals surface area contributed by atoms with E-state index in [2.05, 4.69) is 0 Å². The summed E-state index contributed by atoms with van der Waals surface area (Å²) < 4.78 is 10.9. The van der Waals surface area contributed by atoms with E-state index < -0.39 is 0 Å². The van der Waals surface area contributed by atoms with Gasteiger partial charge in [0.1, 0.15) is 0 Å². The topological polar surface area (TPSA) is 18.5 Å². The summed E-state index contributed by atoms with van der Waals surface area (Å²) in [6.07, 6.45) is 2.00. The molecule has 0 bridgehead atoms. The fraction of sp³-hybridized carbons (Fsp3) is 0.800. The van der Waals surface area contributed by atoms with Gasteiger partial charge in [-0.05, 0) is 13.2 Å². The summed E-state index contributed by atoms with van der Waals surface area (Å²) in [4.78, 5) is 0. The number of methoxy groups -OCH3 is 1. The van der Waals surface area contributed by atoms with E-state index in [0.717, 1.165) is 15.7 Å². The highest BCUT2D eigenvalue weighted by molar-refractivity contribution is 8.24. The summed E-state index contributed by atoms with van der Waals surface area (Å²) in [6.45, 7) is 2.67. The van der Waals surface area contributed by atoms with Gasteiger partial charge in [0.15, 0.2) is 4.38 Å². The van der Waals surface area contributed by atoms with Gasteiger partial charge in [-0.25, -0.2) is 0 Å². The van der Waals surface area contributed by atoms with E-state index in [1.165, 1.54) is 12.0 Å². The summed E-state index contributed by atoms with van der Waals surface area (Å²) in [7, 11) is 1.65. The Labute approximate surface area is 64.1 Å². The lowest BCUT2D eigenvalue weighted by atomic mass is 10.9. The number of hydrogen-bond acceptors (Lipinski definition) is 3. The molecule has 56 valence electrons. The van der Waals surface area contributed by atoms with Crippen molar-refractivity contribution in [2.45, 2.75) is 6.92 Å². The molecule has 0 N–H and O–H groups in total. The average molecular weight is 168 g/mol. The Morgan fingerprint density at radius 1 is 1.67 bits per heavy atom. The van der Waals surface area contributed by atoms with Crippen LogP contribution in [-0.2, 0) is 8.92 Å². The second kappa shape index (κ2) is 6.61. The molecule has 0 unspecified atom stereocenters. The first-order valence-corrected chi connectivity index (χ1v) is 4.73. The van der Waals surface area contributed by atoms with Crippen LogP contribution < -0.4 is 0 Å². The van der Waals surface area contributed by atoms with Crippen molar-refractivity contribution in [1.29, 1.82) is 0 Å². The van der Waals surface area contributed by atoms with Gasteiger partial charge in [-0.3, -0.25) is 0 Å². The first kappa shape index (κ1) is 9.49. The Morgan fingerprint density at radius 3 is 2.67 bits per heavy atom. The molecule has 0 saturated heterocycles. The van der Waals surface area contributed by atoms with E-state index in [1.807, 2.05) is 13.2 Å². The van der Waals surface area contributed by atoms with Gasteiger partial charge in [0.05, 0.1) is 18.6 Å². The van der Waals surface area contributed by atoms with Crippen LogP contribution >= 0.6 is 23.4 Å². The van der Waals surface area contributed by atoms with Crippen molar-refractivity contribution in [1.82, 2.24) is 0 Å². The molecule has 0 rings (SSSR count). The summed E-state index contributed by atoms with van der Waals surface area (Å²) >= 11 is 2.42. The van der Waals surface area contributed by atoms with Crippen LogP contribution in [0.5, 0.6) is 0 Å². The third-order valence-corrected chi connectivity index (χ3v) is 2.59. The van der Waals surface area contributed by atoms with Gasteiger partial charge in [-0.1, -0.05) is 0 Å². The summed E-state index contributed by atoms with van der Waals surface area (Å²) in [6, 6.07) is 0. The van der Waals surface area contributed by atoms with Crippen molar-refractivity contribution in [2.75, 3.05) is 20.0 Å². The SMILES string of the molecule is CCOSC(OC)=[SH]C. The molecule has 0 aromatic carbocycles. The van der Waals surface area contributed by atoms with Crippen LogP contribution in [0.25, 0.3) is 0 Å². The van der Waals surface area contributed by atoms with E-state index in [1.54, 1.807) is 7.11 Å². The Hall–Kier alpha value is 0.490. The molecular weight excluding hydrogens is 156 g/mol. The summed E-state index contributed by atoms with van der Waals surface area (Å²) in [5.41, 5.74) is 0. The van der Waals surface area contributed by atoms with Gasteiger partial charge >= 0.3 is 0 Å².